The number of nitrogens with zero attached hydrogens (tertiary/aromatic N) is 1. The topological polar surface area (TPSA) is 99.6 Å². The zero-order valence-corrected chi connectivity index (χ0v) is 22.4. The molecule has 196 valence electrons. The van der Waals surface area contributed by atoms with Crippen LogP contribution in [0.3, 0.4) is 0 Å². The Kier molecular flexibility index (Phi) is 7.10. The number of allylic oxidation sites excluding steroid dienone is 1. The third-order valence-corrected chi connectivity index (χ3v) is 8.01. The van der Waals surface area contributed by atoms with Gasteiger partial charge < -0.3 is 9.73 Å². The van der Waals surface area contributed by atoms with E-state index in [1.165, 1.54) is 0 Å². The summed E-state index contributed by atoms with van der Waals surface area (Å²) < 4.78 is 39.3. The van der Waals surface area contributed by atoms with Gasteiger partial charge in [-0.1, -0.05) is 30.0 Å². The summed E-state index contributed by atoms with van der Waals surface area (Å²) >= 11 is 0. The molecule has 38 heavy (non-hydrogen) atoms. The first-order valence-corrected chi connectivity index (χ1v) is 14.4. The molecule has 2 aromatic carbocycles. The van der Waals surface area contributed by atoms with Crippen LogP contribution in [0.4, 0.5) is 5.69 Å². The first kappa shape index (κ1) is 26.1. The molecule has 0 unspecified atom stereocenters. The highest BCUT2D eigenvalue weighted by molar-refractivity contribution is 7.85. The predicted octanol–water partition coefficient (Wildman–Crippen LogP) is 4.40. The van der Waals surface area contributed by atoms with E-state index < -0.39 is 15.7 Å². The third-order valence-electron chi connectivity index (χ3n) is 7.20. The normalized spacial score (nSPS) is 16.6. The number of nitrogens with one attached hydrogen (secondary N) is 1. The fourth-order valence-corrected chi connectivity index (χ4v) is 5.81. The van der Waals surface area contributed by atoms with Crippen LogP contribution >= 0.6 is 0 Å². The van der Waals surface area contributed by atoms with Gasteiger partial charge >= 0.3 is 5.63 Å². The molecule has 0 aliphatic carbocycles. The molecule has 3 aromatic rings. The highest BCUT2D eigenvalue weighted by Crippen LogP contribution is 2.40. The van der Waals surface area contributed by atoms with Gasteiger partial charge in [0, 0.05) is 54.6 Å². The molecule has 0 saturated carbocycles. The van der Waals surface area contributed by atoms with Crippen LogP contribution in [0.2, 0.25) is 0 Å². The van der Waals surface area contributed by atoms with Crippen LogP contribution in [-0.2, 0) is 22.1 Å². The van der Waals surface area contributed by atoms with Gasteiger partial charge in [-0.3, -0.25) is 4.55 Å². The van der Waals surface area contributed by atoms with E-state index >= 15 is 0 Å². The van der Waals surface area contributed by atoms with E-state index in [0.29, 0.717) is 37.1 Å². The molecular formula is C30H31N2O5S+. The summed E-state index contributed by atoms with van der Waals surface area (Å²) in [5.74, 6) is 6.06. The second kappa shape index (κ2) is 10.3. The maximum Gasteiger partial charge on any atom is 0.343 e. The molecule has 0 saturated heterocycles. The fourth-order valence-electron chi connectivity index (χ4n) is 5.25. The molecule has 0 bridgehead atoms. The van der Waals surface area contributed by atoms with Crippen molar-refractivity contribution in [3.05, 3.63) is 81.2 Å². The molecule has 0 fully saturated rings. The van der Waals surface area contributed by atoms with Crippen molar-refractivity contribution in [3.63, 3.8) is 0 Å². The van der Waals surface area contributed by atoms with Gasteiger partial charge in [0.05, 0.1) is 16.7 Å². The molecule has 8 heteroatoms. The van der Waals surface area contributed by atoms with Gasteiger partial charge in [0.2, 0.25) is 5.69 Å². The molecule has 5 rings (SSSR count). The SMILES string of the molecule is CC1(C)C(C=Cc2cc3cc4c(cc3oc2=O)C#CCCNC4)=[N+](CCCCS(=O)(=O)O)c2ccccc21. The van der Waals surface area contributed by atoms with Crippen molar-refractivity contribution < 1.29 is 22.0 Å². The minimum atomic E-state index is -3.99. The monoisotopic (exact) mass is 531 g/mol. The lowest BCUT2D eigenvalue weighted by Crippen LogP contribution is -2.28. The number of rotatable bonds is 7. The Labute approximate surface area is 222 Å². The lowest BCUT2D eigenvalue weighted by molar-refractivity contribution is -0.438. The Hall–Kier alpha value is -3.51. The van der Waals surface area contributed by atoms with Crippen LogP contribution in [0.1, 0.15) is 55.4 Å². The van der Waals surface area contributed by atoms with Crippen molar-refractivity contribution >= 4 is 38.6 Å². The van der Waals surface area contributed by atoms with Crippen molar-refractivity contribution in [2.24, 2.45) is 0 Å². The Balaban J connectivity index is 1.51. The van der Waals surface area contributed by atoms with Crippen molar-refractivity contribution in [1.82, 2.24) is 5.32 Å². The van der Waals surface area contributed by atoms with Crippen molar-refractivity contribution in [2.75, 3.05) is 18.8 Å². The summed E-state index contributed by atoms with van der Waals surface area (Å²) in [7, 11) is -3.99. The first-order chi connectivity index (χ1) is 18.1. The van der Waals surface area contributed by atoms with Gasteiger partial charge in [-0.05, 0) is 50.1 Å². The maximum atomic E-state index is 12.9. The maximum absolute atomic E-state index is 12.9. The van der Waals surface area contributed by atoms with Gasteiger partial charge in [0.25, 0.3) is 10.1 Å². The number of fused-ring (bicyclic) bond motifs is 3. The van der Waals surface area contributed by atoms with Crippen LogP contribution in [0.5, 0.6) is 0 Å². The van der Waals surface area contributed by atoms with Crippen molar-refractivity contribution in [1.29, 1.82) is 0 Å². The Morgan fingerprint density at radius 3 is 2.79 bits per heavy atom. The summed E-state index contributed by atoms with van der Waals surface area (Å²) in [6.45, 7) is 6.41. The molecule has 1 aromatic heterocycles. The fraction of sp³-hybridized carbons (Fsp3) is 0.333. The van der Waals surface area contributed by atoms with Crippen LogP contribution in [0.15, 0.2) is 57.8 Å². The van der Waals surface area contributed by atoms with Gasteiger partial charge in [0.1, 0.15) is 12.1 Å². The average Bonchev–Trinajstić information content (AvgIpc) is 3.06. The van der Waals surface area contributed by atoms with E-state index in [0.717, 1.165) is 46.4 Å². The summed E-state index contributed by atoms with van der Waals surface area (Å²) in [6.07, 6.45) is 5.48. The number of para-hydroxylation sites is 1. The van der Waals surface area contributed by atoms with Gasteiger partial charge in [-0.15, -0.1) is 0 Å². The molecule has 0 amide bonds. The minimum absolute atomic E-state index is 0.264. The molecule has 2 aliphatic rings. The predicted molar refractivity (Wildman–Crippen MR) is 150 cm³/mol. The summed E-state index contributed by atoms with van der Waals surface area (Å²) in [5, 5.41) is 4.22. The quantitative estimate of drug-likeness (QED) is 0.154. The highest BCUT2D eigenvalue weighted by Gasteiger charge is 2.43. The number of unbranched alkanes of at least 4 members (excludes halogenated alkanes) is 1. The largest absolute Gasteiger partial charge is 0.422 e. The molecule has 7 nitrogen and oxygen atoms in total. The Morgan fingerprint density at radius 2 is 1.97 bits per heavy atom. The van der Waals surface area contributed by atoms with Crippen LogP contribution in [0, 0.1) is 11.8 Å². The van der Waals surface area contributed by atoms with Crippen LogP contribution in [0.25, 0.3) is 17.0 Å². The van der Waals surface area contributed by atoms with E-state index in [4.69, 9.17) is 8.97 Å². The zero-order valence-electron chi connectivity index (χ0n) is 21.6. The van der Waals surface area contributed by atoms with E-state index in [2.05, 4.69) is 47.7 Å². The van der Waals surface area contributed by atoms with Crippen LogP contribution in [-0.4, -0.2) is 42.1 Å². The summed E-state index contributed by atoms with van der Waals surface area (Å²) in [6, 6.07) is 13.9. The van der Waals surface area contributed by atoms with Gasteiger partial charge in [-0.2, -0.15) is 13.0 Å². The Morgan fingerprint density at radius 1 is 1.16 bits per heavy atom. The Bertz CT molecular complexity index is 1700. The third kappa shape index (κ3) is 5.37. The average molecular weight is 532 g/mol. The van der Waals surface area contributed by atoms with E-state index in [1.807, 2.05) is 36.4 Å². The highest BCUT2D eigenvalue weighted by atomic mass is 32.2. The molecular weight excluding hydrogens is 500 g/mol. The molecule has 0 spiro atoms. The van der Waals surface area contributed by atoms with E-state index in [-0.39, 0.29) is 11.2 Å². The first-order valence-electron chi connectivity index (χ1n) is 12.8. The van der Waals surface area contributed by atoms with Crippen molar-refractivity contribution in [2.45, 2.75) is 45.1 Å². The standard InChI is InChI=1S/C30H30N2O5S/c1-30(2)25-10-3-4-11-26(25)32(15-7-8-16-38(34,35)36)28(30)13-12-22-17-23-18-24-20-31-14-6-5-9-21(24)19-27(23)37-29(22)33/h3-4,10-13,17-19,31H,6-8,14-16,20H2,1-2H3/p+1. The molecule has 3 heterocycles. The summed E-state index contributed by atoms with van der Waals surface area (Å²) in [4.78, 5) is 12.9. The number of benzene rings is 2. The van der Waals surface area contributed by atoms with E-state index in [1.54, 1.807) is 6.08 Å². The van der Waals surface area contributed by atoms with Crippen molar-refractivity contribution in [3.8, 4) is 11.8 Å². The van der Waals surface area contributed by atoms with Crippen LogP contribution < -0.4 is 10.9 Å². The van der Waals surface area contributed by atoms with Gasteiger partial charge in [-0.25, -0.2) is 4.79 Å². The lowest BCUT2D eigenvalue weighted by atomic mass is 9.81. The lowest BCUT2D eigenvalue weighted by Gasteiger charge is -2.15. The smallest absolute Gasteiger partial charge is 0.343 e. The molecule has 0 atom stereocenters. The minimum Gasteiger partial charge on any atom is -0.422 e. The summed E-state index contributed by atoms with van der Waals surface area (Å²) in [5.41, 5.74) is 5.40. The molecule has 0 radical (unpaired) electrons. The molecule has 2 aliphatic heterocycles. The zero-order chi connectivity index (χ0) is 26.9. The second-order valence-electron chi connectivity index (χ2n) is 10.3. The van der Waals surface area contributed by atoms with E-state index in [9.17, 15) is 13.2 Å². The number of hydrogen-bond acceptors (Lipinski definition) is 5. The van der Waals surface area contributed by atoms with Gasteiger partial charge in [0.15, 0.2) is 5.71 Å². The molecule has 2 N–H and O–H groups in total. The number of hydrogen-bond donors (Lipinski definition) is 2. The second-order valence-corrected chi connectivity index (χ2v) is 11.8.